The molecule has 15 heavy (non-hydrogen) atoms. The van der Waals surface area contributed by atoms with Gasteiger partial charge in [-0.15, -0.1) is 0 Å². The molecule has 0 aromatic heterocycles. The summed E-state index contributed by atoms with van der Waals surface area (Å²) in [5.41, 5.74) is 2.41. The summed E-state index contributed by atoms with van der Waals surface area (Å²) < 4.78 is 0. The van der Waals surface area contributed by atoms with Crippen molar-refractivity contribution in [1.82, 2.24) is 4.90 Å². The molecule has 80 valence electrons. The smallest absolute Gasteiger partial charge is 0.244 e. The van der Waals surface area contributed by atoms with E-state index in [0.29, 0.717) is 0 Å². The van der Waals surface area contributed by atoms with Gasteiger partial charge in [0.2, 0.25) is 5.91 Å². The van der Waals surface area contributed by atoms with Crippen molar-refractivity contribution >= 4 is 11.6 Å². The molecule has 1 heterocycles. The van der Waals surface area contributed by atoms with E-state index in [1.807, 2.05) is 18.2 Å². The van der Waals surface area contributed by atoms with Gasteiger partial charge in [-0.1, -0.05) is 18.2 Å². The summed E-state index contributed by atoms with van der Waals surface area (Å²) in [5, 5.41) is 3.29. The number of hydrogen-bond acceptors (Lipinski definition) is 2. The van der Waals surface area contributed by atoms with Crippen molar-refractivity contribution in [2.45, 2.75) is 18.9 Å². The molecule has 1 amide bonds. The molecule has 1 atom stereocenters. The van der Waals surface area contributed by atoms with Crippen LogP contribution in [-0.4, -0.2) is 30.9 Å². The number of fused-ring (bicyclic) bond motifs is 1. The second-order valence-corrected chi connectivity index (χ2v) is 4.13. The van der Waals surface area contributed by atoms with Gasteiger partial charge >= 0.3 is 0 Å². The topological polar surface area (TPSA) is 32.3 Å². The molecule has 0 spiro atoms. The van der Waals surface area contributed by atoms with Crippen LogP contribution >= 0.6 is 0 Å². The molecule has 1 N–H and O–H groups in total. The molecule has 0 bridgehead atoms. The molecule has 0 saturated heterocycles. The Bertz CT molecular complexity index is 374. The van der Waals surface area contributed by atoms with Gasteiger partial charge in [0.05, 0.1) is 0 Å². The van der Waals surface area contributed by atoms with Crippen molar-refractivity contribution < 1.29 is 4.79 Å². The molecule has 1 aliphatic rings. The Morgan fingerprint density at radius 3 is 2.87 bits per heavy atom. The van der Waals surface area contributed by atoms with Crippen molar-refractivity contribution in [1.29, 1.82) is 0 Å². The Hall–Kier alpha value is -1.51. The fourth-order valence-electron chi connectivity index (χ4n) is 1.94. The number of carbonyl (C=O) groups is 1. The van der Waals surface area contributed by atoms with E-state index in [1.54, 1.807) is 19.0 Å². The first-order valence-corrected chi connectivity index (χ1v) is 5.24. The van der Waals surface area contributed by atoms with E-state index in [9.17, 15) is 4.79 Å². The minimum absolute atomic E-state index is 0.0603. The number of nitrogens with zero attached hydrogens (tertiary/aromatic N) is 1. The summed E-state index contributed by atoms with van der Waals surface area (Å²) in [6.45, 7) is 0. The number of benzene rings is 1. The Labute approximate surface area is 90.1 Å². The second-order valence-electron chi connectivity index (χ2n) is 4.13. The maximum Gasteiger partial charge on any atom is 0.244 e. The highest BCUT2D eigenvalue weighted by Crippen LogP contribution is 2.24. The average molecular weight is 204 g/mol. The number of likely N-dealkylation sites (N-methyl/N-ethyl adjacent to an activating group) is 1. The standard InChI is InChI=1S/C12H16N2O/c1-14(2)12(15)11-8-7-9-5-3-4-6-10(9)13-11/h3-6,11,13H,7-8H2,1-2H3. The molecule has 0 saturated carbocycles. The predicted molar refractivity (Wildman–Crippen MR) is 60.9 cm³/mol. The van der Waals surface area contributed by atoms with Gasteiger partial charge in [-0.2, -0.15) is 0 Å². The van der Waals surface area contributed by atoms with Crippen LogP contribution in [-0.2, 0) is 11.2 Å². The maximum atomic E-state index is 11.8. The zero-order chi connectivity index (χ0) is 10.8. The van der Waals surface area contributed by atoms with E-state index in [4.69, 9.17) is 0 Å². The lowest BCUT2D eigenvalue weighted by atomic mass is 9.97. The first kappa shape index (κ1) is 10.0. The lowest BCUT2D eigenvalue weighted by molar-refractivity contribution is -0.129. The minimum atomic E-state index is -0.0603. The summed E-state index contributed by atoms with van der Waals surface area (Å²) in [7, 11) is 3.59. The molecule has 1 aliphatic heterocycles. The highest BCUT2D eigenvalue weighted by atomic mass is 16.2. The average Bonchev–Trinajstić information content (AvgIpc) is 2.27. The number of nitrogens with one attached hydrogen (secondary N) is 1. The van der Waals surface area contributed by atoms with Gasteiger partial charge in [0, 0.05) is 19.8 Å². The fourth-order valence-corrected chi connectivity index (χ4v) is 1.94. The van der Waals surface area contributed by atoms with Crippen LogP contribution in [0.25, 0.3) is 0 Å². The summed E-state index contributed by atoms with van der Waals surface area (Å²) in [6, 6.07) is 8.11. The number of rotatable bonds is 1. The van der Waals surface area contributed by atoms with Gasteiger partial charge in [-0.05, 0) is 24.5 Å². The second kappa shape index (κ2) is 3.93. The number of anilines is 1. The van der Waals surface area contributed by atoms with Crippen LogP contribution in [0.15, 0.2) is 24.3 Å². The third-order valence-electron chi connectivity index (χ3n) is 2.79. The van der Waals surface area contributed by atoms with Gasteiger partial charge in [-0.25, -0.2) is 0 Å². The lowest BCUT2D eigenvalue weighted by Crippen LogP contribution is -2.41. The summed E-state index contributed by atoms with van der Waals surface area (Å²) in [4.78, 5) is 13.4. The van der Waals surface area contributed by atoms with Crippen LogP contribution in [0.3, 0.4) is 0 Å². The van der Waals surface area contributed by atoms with E-state index in [-0.39, 0.29) is 11.9 Å². The third kappa shape index (κ3) is 1.96. The molecule has 3 heteroatoms. The van der Waals surface area contributed by atoms with E-state index in [2.05, 4.69) is 11.4 Å². The van der Waals surface area contributed by atoms with Gasteiger partial charge < -0.3 is 10.2 Å². The zero-order valence-electron chi connectivity index (χ0n) is 9.16. The number of hydrogen-bond donors (Lipinski definition) is 1. The van der Waals surface area contributed by atoms with Gasteiger partial charge in [0.1, 0.15) is 6.04 Å². The van der Waals surface area contributed by atoms with Crippen molar-refractivity contribution in [3.05, 3.63) is 29.8 Å². The Morgan fingerprint density at radius 2 is 2.13 bits per heavy atom. The Balaban J connectivity index is 2.15. The normalized spacial score (nSPS) is 18.9. The van der Waals surface area contributed by atoms with E-state index in [1.165, 1.54) is 5.56 Å². The summed E-state index contributed by atoms with van der Waals surface area (Å²) in [6.07, 6.45) is 1.86. The zero-order valence-corrected chi connectivity index (χ0v) is 9.16. The van der Waals surface area contributed by atoms with Crippen LogP contribution in [0, 0.1) is 0 Å². The highest BCUT2D eigenvalue weighted by molar-refractivity contribution is 5.85. The van der Waals surface area contributed by atoms with E-state index >= 15 is 0 Å². The van der Waals surface area contributed by atoms with Gasteiger partial charge in [0.15, 0.2) is 0 Å². The number of aryl methyl sites for hydroxylation is 1. The van der Waals surface area contributed by atoms with Crippen molar-refractivity contribution in [3.8, 4) is 0 Å². The molecule has 1 aromatic carbocycles. The van der Waals surface area contributed by atoms with Crippen LogP contribution in [0.2, 0.25) is 0 Å². The minimum Gasteiger partial charge on any atom is -0.373 e. The third-order valence-corrected chi connectivity index (χ3v) is 2.79. The van der Waals surface area contributed by atoms with Crippen LogP contribution < -0.4 is 5.32 Å². The van der Waals surface area contributed by atoms with E-state index < -0.39 is 0 Å². The van der Waals surface area contributed by atoms with Crippen molar-refractivity contribution in [2.75, 3.05) is 19.4 Å². The largest absolute Gasteiger partial charge is 0.373 e. The first-order valence-electron chi connectivity index (χ1n) is 5.24. The summed E-state index contributed by atoms with van der Waals surface area (Å²) >= 11 is 0. The van der Waals surface area contributed by atoms with Crippen molar-refractivity contribution in [2.24, 2.45) is 0 Å². The fraction of sp³-hybridized carbons (Fsp3) is 0.417. The van der Waals surface area contributed by atoms with E-state index in [0.717, 1.165) is 18.5 Å². The Kier molecular flexibility index (Phi) is 2.62. The predicted octanol–water partition coefficient (Wildman–Crippen LogP) is 1.50. The molecule has 0 aliphatic carbocycles. The number of amides is 1. The molecule has 1 aromatic rings. The SMILES string of the molecule is CN(C)C(=O)C1CCc2ccccc2N1. The van der Waals surface area contributed by atoms with Gasteiger partial charge in [0.25, 0.3) is 0 Å². The molecule has 1 unspecified atom stereocenters. The van der Waals surface area contributed by atoms with Crippen LogP contribution in [0.4, 0.5) is 5.69 Å². The van der Waals surface area contributed by atoms with Gasteiger partial charge in [-0.3, -0.25) is 4.79 Å². The molecule has 2 rings (SSSR count). The first-order chi connectivity index (χ1) is 7.18. The number of para-hydroxylation sites is 1. The Morgan fingerprint density at radius 1 is 1.40 bits per heavy atom. The number of carbonyl (C=O) groups excluding carboxylic acids is 1. The molecule has 0 radical (unpaired) electrons. The lowest BCUT2D eigenvalue weighted by Gasteiger charge is -2.28. The monoisotopic (exact) mass is 204 g/mol. The van der Waals surface area contributed by atoms with Crippen molar-refractivity contribution in [3.63, 3.8) is 0 Å². The summed E-state index contributed by atoms with van der Waals surface area (Å²) in [5.74, 6) is 0.157. The molecule has 3 nitrogen and oxygen atoms in total. The highest BCUT2D eigenvalue weighted by Gasteiger charge is 2.24. The quantitative estimate of drug-likeness (QED) is 0.752. The molecular weight excluding hydrogens is 188 g/mol. The maximum absolute atomic E-state index is 11.8. The molecule has 0 fully saturated rings. The van der Waals surface area contributed by atoms with Crippen LogP contribution in [0.1, 0.15) is 12.0 Å². The molecular formula is C12H16N2O. The van der Waals surface area contributed by atoms with Crippen LogP contribution in [0.5, 0.6) is 0 Å².